The summed E-state index contributed by atoms with van der Waals surface area (Å²) < 4.78 is 5.69. The number of aromatic hydroxyl groups is 1. The summed E-state index contributed by atoms with van der Waals surface area (Å²) in [5.74, 6) is -0.105. The molecule has 4 aromatic rings. The molecule has 0 radical (unpaired) electrons. The maximum absolute atomic E-state index is 12.3. The van der Waals surface area contributed by atoms with Crippen molar-refractivity contribution in [1.82, 2.24) is 9.97 Å². The normalized spacial score (nSPS) is 11.3. The van der Waals surface area contributed by atoms with Crippen LogP contribution >= 0.6 is 11.8 Å². The van der Waals surface area contributed by atoms with E-state index in [1.807, 2.05) is 30.3 Å². The van der Waals surface area contributed by atoms with Crippen LogP contribution in [0.4, 0.5) is 5.69 Å². The number of aromatic amines is 1. The molecule has 2 heterocycles. The fourth-order valence-electron chi connectivity index (χ4n) is 2.57. The number of fused-ring (bicyclic) bond motifs is 1. The van der Waals surface area contributed by atoms with Crippen LogP contribution in [0, 0.1) is 11.3 Å². The molecule has 8 heteroatoms. The van der Waals surface area contributed by atoms with E-state index in [4.69, 9.17) is 4.42 Å². The smallest absolute Gasteiger partial charge is 0.266 e. The fourth-order valence-corrected chi connectivity index (χ4v) is 3.34. The van der Waals surface area contributed by atoms with Gasteiger partial charge in [0.15, 0.2) is 10.2 Å². The third kappa shape index (κ3) is 4.31. The van der Waals surface area contributed by atoms with E-state index in [9.17, 15) is 15.2 Å². The van der Waals surface area contributed by atoms with Crippen molar-refractivity contribution in [2.24, 2.45) is 0 Å². The summed E-state index contributed by atoms with van der Waals surface area (Å²) in [7, 11) is 0. The minimum absolute atomic E-state index is 0.0871. The average molecular weight is 402 g/mol. The molecule has 0 saturated carbocycles. The van der Waals surface area contributed by atoms with Crippen molar-refractivity contribution in [3.05, 3.63) is 72.0 Å². The first-order valence-corrected chi connectivity index (χ1v) is 9.37. The maximum atomic E-state index is 12.3. The lowest BCUT2D eigenvalue weighted by atomic mass is 10.2. The van der Waals surface area contributed by atoms with Gasteiger partial charge in [-0.3, -0.25) is 4.79 Å². The molecule has 0 saturated heterocycles. The average Bonchev–Trinajstić information content (AvgIpc) is 3.34. The summed E-state index contributed by atoms with van der Waals surface area (Å²) in [5, 5.41) is 22.5. The highest BCUT2D eigenvalue weighted by Crippen LogP contribution is 2.29. The SMILES string of the molecule is N#C/C(=C\c1ccc(Sc2nc3ccccc3[nH]2)o1)C(=O)Nc1ccc(O)cc1. The number of hydrogen-bond acceptors (Lipinski definition) is 6. The number of H-pyrrole nitrogens is 1. The lowest BCUT2D eigenvalue weighted by Crippen LogP contribution is -2.13. The number of benzene rings is 2. The molecule has 0 aliphatic carbocycles. The summed E-state index contributed by atoms with van der Waals surface area (Å²) >= 11 is 1.31. The van der Waals surface area contributed by atoms with Crippen LogP contribution in [-0.4, -0.2) is 21.0 Å². The van der Waals surface area contributed by atoms with Gasteiger partial charge in [0.25, 0.3) is 5.91 Å². The third-order valence-electron chi connectivity index (χ3n) is 3.94. The van der Waals surface area contributed by atoms with Crippen molar-refractivity contribution in [3.63, 3.8) is 0 Å². The van der Waals surface area contributed by atoms with Crippen LogP contribution in [0.25, 0.3) is 17.1 Å². The van der Waals surface area contributed by atoms with Gasteiger partial charge in [-0.1, -0.05) is 12.1 Å². The van der Waals surface area contributed by atoms with Gasteiger partial charge in [-0.2, -0.15) is 5.26 Å². The van der Waals surface area contributed by atoms with Gasteiger partial charge < -0.3 is 19.8 Å². The number of hydrogen-bond donors (Lipinski definition) is 3. The predicted octanol–water partition coefficient (Wildman–Crippen LogP) is 4.56. The van der Waals surface area contributed by atoms with E-state index in [-0.39, 0.29) is 11.3 Å². The number of furan rings is 1. The van der Waals surface area contributed by atoms with Gasteiger partial charge in [-0.25, -0.2) is 4.98 Å². The van der Waals surface area contributed by atoms with Gasteiger partial charge in [0, 0.05) is 11.8 Å². The number of carbonyl (C=O) groups excluding carboxylic acids is 1. The molecule has 7 nitrogen and oxygen atoms in total. The molecule has 29 heavy (non-hydrogen) atoms. The topological polar surface area (TPSA) is 115 Å². The number of aromatic nitrogens is 2. The minimum atomic E-state index is -0.568. The zero-order valence-corrected chi connectivity index (χ0v) is 15.7. The third-order valence-corrected chi connectivity index (χ3v) is 4.75. The number of nitrogens with one attached hydrogen (secondary N) is 2. The second kappa shape index (κ2) is 7.96. The number of para-hydroxylation sites is 2. The zero-order valence-electron chi connectivity index (χ0n) is 14.9. The molecule has 0 bridgehead atoms. The van der Waals surface area contributed by atoms with Gasteiger partial charge in [0.05, 0.1) is 11.0 Å². The van der Waals surface area contributed by atoms with Crippen molar-refractivity contribution in [2.75, 3.05) is 5.32 Å². The highest BCUT2D eigenvalue weighted by molar-refractivity contribution is 7.99. The van der Waals surface area contributed by atoms with Gasteiger partial charge in [-0.05, 0) is 60.3 Å². The largest absolute Gasteiger partial charge is 0.508 e. The quantitative estimate of drug-likeness (QED) is 0.256. The first kappa shape index (κ1) is 18.4. The molecule has 0 aliphatic heterocycles. The van der Waals surface area contributed by atoms with E-state index in [0.717, 1.165) is 11.0 Å². The van der Waals surface area contributed by atoms with Gasteiger partial charge in [-0.15, -0.1) is 0 Å². The standard InChI is InChI=1S/C21H14N4O3S/c22-12-13(20(27)23-14-5-7-15(26)8-6-14)11-16-9-10-19(28-16)29-21-24-17-3-1-2-4-18(17)25-21/h1-11,26H,(H,23,27)(H,24,25)/b13-11+. The number of phenols is 1. The van der Waals surface area contributed by atoms with Crippen molar-refractivity contribution in [2.45, 2.75) is 10.2 Å². The molecular formula is C21H14N4O3S. The Balaban J connectivity index is 1.48. The van der Waals surface area contributed by atoms with Crippen molar-refractivity contribution in [3.8, 4) is 11.8 Å². The molecule has 142 valence electrons. The number of carbonyl (C=O) groups is 1. The van der Waals surface area contributed by atoms with Crippen molar-refractivity contribution in [1.29, 1.82) is 5.26 Å². The summed E-state index contributed by atoms with van der Waals surface area (Å²) in [6, 6.07) is 19.0. The maximum Gasteiger partial charge on any atom is 0.266 e. The highest BCUT2D eigenvalue weighted by Gasteiger charge is 2.12. The summed E-state index contributed by atoms with van der Waals surface area (Å²) in [6.45, 7) is 0. The first-order valence-electron chi connectivity index (χ1n) is 8.55. The number of nitrogens with zero attached hydrogens (tertiary/aromatic N) is 2. The lowest BCUT2D eigenvalue weighted by molar-refractivity contribution is -0.112. The van der Waals surface area contributed by atoms with Crippen LogP contribution < -0.4 is 5.32 Å². The molecule has 1 amide bonds. The van der Waals surface area contributed by atoms with Crippen LogP contribution in [0.15, 0.2) is 80.9 Å². The highest BCUT2D eigenvalue weighted by atomic mass is 32.2. The second-order valence-corrected chi connectivity index (χ2v) is 6.98. The number of phenolic OH excluding ortho intramolecular Hbond substituents is 1. The van der Waals surface area contributed by atoms with E-state index < -0.39 is 5.91 Å². The fraction of sp³-hybridized carbons (Fsp3) is 0. The van der Waals surface area contributed by atoms with Crippen molar-refractivity contribution < 1.29 is 14.3 Å². The lowest BCUT2D eigenvalue weighted by Gasteiger charge is -2.03. The van der Waals surface area contributed by atoms with E-state index in [0.29, 0.717) is 21.7 Å². The Morgan fingerprint density at radius 2 is 1.97 bits per heavy atom. The van der Waals surface area contributed by atoms with E-state index in [2.05, 4.69) is 15.3 Å². The molecule has 0 unspecified atom stereocenters. The number of rotatable bonds is 5. The van der Waals surface area contributed by atoms with E-state index in [1.165, 1.54) is 42.1 Å². The molecule has 3 N–H and O–H groups in total. The number of amides is 1. The van der Waals surface area contributed by atoms with E-state index in [1.54, 1.807) is 12.1 Å². The van der Waals surface area contributed by atoms with Crippen LogP contribution in [0.5, 0.6) is 5.75 Å². The number of imidazole rings is 1. The Morgan fingerprint density at radius 3 is 2.72 bits per heavy atom. The summed E-state index contributed by atoms with van der Waals surface area (Å²) in [4.78, 5) is 20.0. The van der Waals surface area contributed by atoms with Crippen molar-refractivity contribution >= 4 is 40.5 Å². The minimum Gasteiger partial charge on any atom is -0.508 e. The van der Waals surface area contributed by atoms with Gasteiger partial charge in [0.1, 0.15) is 23.2 Å². The molecule has 2 aromatic heterocycles. The Morgan fingerprint density at radius 1 is 1.17 bits per heavy atom. The van der Waals surface area contributed by atoms with Crippen LogP contribution in [0.3, 0.4) is 0 Å². The Hall–Kier alpha value is -3.96. The molecule has 2 aromatic carbocycles. The van der Waals surface area contributed by atoms with Crippen LogP contribution in [0.1, 0.15) is 5.76 Å². The van der Waals surface area contributed by atoms with Crippen LogP contribution in [0.2, 0.25) is 0 Å². The molecule has 0 aliphatic rings. The molecule has 0 fully saturated rings. The van der Waals surface area contributed by atoms with Crippen LogP contribution in [-0.2, 0) is 4.79 Å². The zero-order chi connectivity index (χ0) is 20.2. The number of anilines is 1. The Labute approximate surface area is 169 Å². The molecule has 4 rings (SSSR count). The first-order chi connectivity index (χ1) is 14.1. The molecule has 0 spiro atoms. The summed E-state index contributed by atoms with van der Waals surface area (Å²) in [5.41, 5.74) is 2.15. The van der Waals surface area contributed by atoms with E-state index >= 15 is 0 Å². The van der Waals surface area contributed by atoms with Gasteiger partial charge >= 0.3 is 0 Å². The molecular weight excluding hydrogens is 388 g/mol. The Bertz CT molecular complexity index is 1220. The Kier molecular flexibility index (Phi) is 5.05. The second-order valence-electron chi connectivity index (χ2n) is 5.99. The number of nitriles is 1. The summed E-state index contributed by atoms with van der Waals surface area (Å²) in [6.07, 6.45) is 1.37. The van der Waals surface area contributed by atoms with Gasteiger partial charge in [0.2, 0.25) is 0 Å². The molecule has 0 atom stereocenters. The monoisotopic (exact) mass is 402 g/mol. The predicted molar refractivity (Wildman–Crippen MR) is 109 cm³/mol.